The van der Waals surface area contributed by atoms with Crippen molar-refractivity contribution in [2.24, 2.45) is 5.73 Å². The molecule has 1 aliphatic rings. The molecule has 3 N–H and O–H groups in total. The number of oxazole rings is 1. The van der Waals surface area contributed by atoms with Crippen LogP contribution in [0.25, 0.3) is 0 Å². The van der Waals surface area contributed by atoms with Crippen LogP contribution in [0.1, 0.15) is 43.4 Å². The molecule has 2 rings (SSSR count). The van der Waals surface area contributed by atoms with E-state index in [0.717, 1.165) is 31.2 Å². The molecule has 4 nitrogen and oxygen atoms in total. The third kappa shape index (κ3) is 1.96. The Morgan fingerprint density at radius 1 is 1.71 bits per heavy atom. The molecular formula is C10H17N3O. The molecule has 1 aromatic rings. The molecule has 1 aromatic heterocycles. The van der Waals surface area contributed by atoms with Crippen molar-refractivity contribution >= 4 is 0 Å². The molecule has 0 aliphatic carbocycles. The van der Waals surface area contributed by atoms with Gasteiger partial charge in [-0.2, -0.15) is 0 Å². The first-order valence-electron chi connectivity index (χ1n) is 5.19. The van der Waals surface area contributed by atoms with E-state index in [9.17, 15) is 0 Å². The molecule has 4 heteroatoms. The molecule has 0 amide bonds. The molecule has 1 aliphatic heterocycles. The van der Waals surface area contributed by atoms with Gasteiger partial charge in [0.15, 0.2) is 5.89 Å². The van der Waals surface area contributed by atoms with Gasteiger partial charge in [-0.15, -0.1) is 0 Å². The van der Waals surface area contributed by atoms with Crippen LogP contribution in [0.3, 0.4) is 0 Å². The van der Waals surface area contributed by atoms with Crippen molar-refractivity contribution in [3.8, 4) is 0 Å². The molecule has 2 unspecified atom stereocenters. The quantitative estimate of drug-likeness (QED) is 0.743. The van der Waals surface area contributed by atoms with Gasteiger partial charge in [0.1, 0.15) is 5.76 Å². The first-order chi connectivity index (χ1) is 6.77. The third-order valence-corrected chi connectivity index (χ3v) is 2.64. The maximum absolute atomic E-state index is 5.71. The molecule has 0 aromatic carbocycles. The number of piperidine rings is 1. The third-order valence-electron chi connectivity index (χ3n) is 2.64. The molecule has 0 spiro atoms. The second-order valence-electron chi connectivity index (χ2n) is 3.93. The summed E-state index contributed by atoms with van der Waals surface area (Å²) in [5.41, 5.74) is 5.71. The van der Waals surface area contributed by atoms with Crippen LogP contribution in [0.2, 0.25) is 0 Å². The van der Waals surface area contributed by atoms with E-state index in [1.165, 1.54) is 6.42 Å². The Bertz CT molecular complexity index is 289. The lowest BCUT2D eigenvalue weighted by atomic mass is 10.00. The Hall–Kier alpha value is -0.870. The minimum Gasteiger partial charge on any atom is -0.444 e. The minimum atomic E-state index is -0.0622. The van der Waals surface area contributed by atoms with Gasteiger partial charge < -0.3 is 15.5 Å². The smallest absolute Gasteiger partial charge is 0.198 e. The van der Waals surface area contributed by atoms with Gasteiger partial charge in [-0.3, -0.25) is 0 Å². The summed E-state index contributed by atoms with van der Waals surface area (Å²) in [6, 6.07) is -0.0622. The highest BCUT2D eigenvalue weighted by Crippen LogP contribution is 2.24. The number of aromatic nitrogens is 1. The van der Waals surface area contributed by atoms with Gasteiger partial charge in [-0.25, -0.2) is 4.98 Å². The molecule has 1 fully saturated rings. The van der Waals surface area contributed by atoms with E-state index in [0.29, 0.717) is 5.92 Å². The average Bonchev–Trinajstić information content (AvgIpc) is 2.68. The van der Waals surface area contributed by atoms with Gasteiger partial charge in [0.05, 0.1) is 12.2 Å². The molecule has 0 bridgehead atoms. The van der Waals surface area contributed by atoms with Gasteiger partial charge in [0.2, 0.25) is 0 Å². The van der Waals surface area contributed by atoms with Gasteiger partial charge >= 0.3 is 0 Å². The number of nitrogens with zero attached hydrogens (tertiary/aromatic N) is 1. The second kappa shape index (κ2) is 4.11. The second-order valence-corrected chi connectivity index (χ2v) is 3.93. The molecule has 2 heterocycles. The summed E-state index contributed by atoms with van der Waals surface area (Å²) >= 11 is 0. The minimum absolute atomic E-state index is 0.0622. The molecule has 1 saturated heterocycles. The Kier molecular flexibility index (Phi) is 2.84. The largest absolute Gasteiger partial charge is 0.444 e. The summed E-state index contributed by atoms with van der Waals surface area (Å²) in [6.07, 6.45) is 4.10. The van der Waals surface area contributed by atoms with Crippen LogP contribution in [-0.4, -0.2) is 18.1 Å². The van der Waals surface area contributed by atoms with E-state index in [4.69, 9.17) is 10.2 Å². The predicted molar refractivity (Wildman–Crippen MR) is 54.0 cm³/mol. The zero-order chi connectivity index (χ0) is 9.97. The summed E-state index contributed by atoms with van der Waals surface area (Å²) < 4.78 is 5.61. The van der Waals surface area contributed by atoms with Crippen LogP contribution in [0.4, 0.5) is 0 Å². The zero-order valence-electron chi connectivity index (χ0n) is 8.49. The topological polar surface area (TPSA) is 64.1 Å². The number of nitrogens with two attached hydrogens (primary N) is 1. The van der Waals surface area contributed by atoms with Crippen LogP contribution >= 0.6 is 0 Å². The summed E-state index contributed by atoms with van der Waals surface area (Å²) in [5.74, 6) is 2.05. The highest BCUT2D eigenvalue weighted by molar-refractivity contribution is 5.03. The van der Waals surface area contributed by atoms with E-state index in [2.05, 4.69) is 10.3 Å². The standard InChI is InChI=1S/C10H17N3O/c1-7(11)9-6-13-10(14-9)8-3-2-4-12-5-8/h6-8,12H,2-5,11H2,1H3. The van der Waals surface area contributed by atoms with Gasteiger partial charge in [0, 0.05) is 12.5 Å². The Balaban J connectivity index is 2.07. The summed E-state index contributed by atoms with van der Waals surface area (Å²) in [4.78, 5) is 4.27. The van der Waals surface area contributed by atoms with Crippen LogP contribution in [0.5, 0.6) is 0 Å². The van der Waals surface area contributed by atoms with Crippen molar-refractivity contribution in [3.63, 3.8) is 0 Å². The maximum Gasteiger partial charge on any atom is 0.198 e. The normalized spacial score (nSPS) is 24.9. The maximum atomic E-state index is 5.71. The highest BCUT2D eigenvalue weighted by Gasteiger charge is 2.20. The van der Waals surface area contributed by atoms with Crippen LogP contribution in [0.15, 0.2) is 10.6 Å². The van der Waals surface area contributed by atoms with Crippen molar-refractivity contribution in [1.29, 1.82) is 0 Å². The molecular weight excluding hydrogens is 178 g/mol. The van der Waals surface area contributed by atoms with E-state index in [1.54, 1.807) is 6.20 Å². The lowest BCUT2D eigenvalue weighted by molar-refractivity contribution is 0.356. The van der Waals surface area contributed by atoms with Gasteiger partial charge in [-0.1, -0.05) is 0 Å². The number of hydrogen-bond acceptors (Lipinski definition) is 4. The van der Waals surface area contributed by atoms with E-state index >= 15 is 0 Å². The average molecular weight is 195 g/mol. The van der Waals surface area contributed by atoms with Crippen LogP contribution < -0.4 is 11.1 Å². The lowest BCUT2D eigenvalue weighted by Gasteiger charge is -2.19. The van der Waals surface area contributed by atoms with Crippen molar-refractivity contribution in [2.75, 3.05) is 13.1 Å². The molecule has 0 saturated carbocycles. The number of rotatable bonds is 2. The number of nitrogens with one attached hydrogen (secondary N) is 1. The fraction of sp³-hybridized carbons (Fsp3) is 0.700. The van der Waals surface area contributed by atoms with Gasteiger partial charge in [0.25, 0.3) is 0 Å². The van der Waals surface area contributed by atoms with Gasteiger partial charge in [-0.05, 0) is 26.3 Å². The number of hydrogen-bond donors (Lipinski definition) is 2. The van der Waals surface area contributed by atoms with Crippen molar-refractivity contribution in [2.45, 2.75) is 31.7 Å². The zero-order valence-corrected chi connectivity index (χ0v) is 8.49. The van der Waals surface area contributed by atoms with Crippen molar-refractivity contribution in [1.82, 2.24) is 10.3 Å². The van der Waals surface area contributed by atoms with Crippen LogP contribution in [0, 0.1) is 0 Å². The van der Waals surface area contributed by atoms with Crippen molar-refractivity contribution in [3.05, 3.63) is 17.8 Å². The Labute approximate surface area is 83.9 Å². The summed E-state index contributed by atoms with van der Waals surface area (Å²) in [5, 5.41) is 3.34. The Morgan fingerprint density at radius 3 is 3.14 bits per heavy atom. The van der Waals surface area contributed by atoms with Crippen LogP contribution in [-0.2, 0) is 0 Å². The van der Waals surface area contributed by atoms with E-state index in [1.807, 2.05) is 6.92 Å². The SMILES string of the molecule is CC(N)c1cnc(C2CCCNC2)o1. The summed E-state index contributed by atoms with van der Waals surface area (Å²) in [7, 11) is 0. The first-order valence-corrected chi connectivity index (χ1v) is 5.19. The fourth-order valence-electron chi connectivity index (χ4n) is 1.76. The lowest BCUT2D eigenvalue weighted by Crippen LogP contribution is -2.28. The van der Waals surface area contributed by atoms with E-state index < -0.39 is 0 Å². The Morgan fingerprint density at radius 2 is 2.57 bits per heavy atom. The fourth-order valence-corrected chi connectivity index (χ4v) is 1.76. The monoisotopic (exact) mass is 195 g/mol. The summed E-state index contributed by atoms with van der Waals surface area (Å²) in [6.45, 7) is 3.99. The van der Waals surface area contributed by atoms with Crippen molar-refractivity contribution < 1.29 is 4.42 Å². The van der Waals surface area contributed by atoms with E-state index in [-0.39, 0.29) is 6.04 Å². The molecule has 2 atom stereocenters. The first kappa shape index (κ1) is 9.68. The molecule has 0 radical (unpaired) electrons. The highest BCUT2D eigenvalue weighted by atomic mass is 16.4. The molecule has 14 heavy (non-hydrogen) atoms. The predicted octanol–water partition coefficient (Wildman–Crippen LogP) is 1.16. The molecule has 78 valence electrons.